The molecule has 1 aromatic carbocycles. The quantitative estimate of drug-likeness (QED) is 0.695. The zero-order valence-corrected chi connectivity index (χ0v) is 9.20. The van der Waals surface area contributed by atoms with Gasteiger partial charge in [-0.3, -0.25) is 0 Å². The topological polar surface area (TPSA) is 0 Å². The molecule has 0 amide bonds. The van der Waals surface area contributed by atoms with Crippen molar-refractivity contribution < 1.29 is 4.39 Å². The first-order valence-corrected chi connectivity index (χ1v) is 5.80. The monoisotopic (exact) mass is 218 g/mol. The highest BCUT2D eigenvalue weighted by Gasteiger charge is 2.14. The van der Waals surface area contributed by atoms with Crippen molar-refractivity contribution in [3.05, 3.63) is 35.6 Å². The molecular formula is C10H12ClFS. The molecule has 1 aromatic rings. The molecule has 2 unspecified atom stereocenters. The van der Waals surface area contributed by atoms with Crippen LogP contribution in [0.5, 0.6) is 0 Å². The van der Waals surface area contributed by atoms with E-state index in [1.165, 1.54) is 12.1 Å². The van der Waals surface area contributed by atoms with E-state index in [1.807, 2.05) is 6.26 Å². The number of hydrogen-bond acceptors (Lipinski definition) is 1. The Morgan fingerprint density at radius 2 is 1.85 bits per heavy atom. The molecular weight excluding hydrogens is 207 g/mol. The first kappa shape index (κ1) is 10.9. The van der Waals surface area contributed by atoms with Gasteiger partial charge < -0.3 is 0 Å². The smallest absolute Gasteiger partial charge is 0.123 e. The normalized spacial score (nSPS) is 15.4. The molecule has 0 radical (unpaired) electrons. The van der Waals surface area contributed by atoms with E-state index in [1.54, 1.807) is 23.9 Å². The number of rotatable bonds is 3. The van der Waals surface area contributed by atoms with Crippen LogP contribution in [-0.4, -0.2) is 11.5 Å². The SMILES string of the molecule is CSC(C)C(Cl)c1ccc(F)cc1. The van der Waals surface area contributed by atoms with E-state index in [9.17, 15) is 4.39 Å². The highest BCUT2D eigenvalue weighted by atomic mass is 35.5. The highest BCUT2D eigenvalue weighted by molar-refractivity contribution is 7.99. The van der Waals surface area contributed by atoms with Crippen LogP contribution in [0.25, 0.3) is 0 Å². The van der Waals surface area contributed by atoms with Crippen molar-refractivity contribution in [2.75, 3.05) is 6.26 Å². The zero-order chi connectivity index (χ0) is 9.84. The third-order valence-electron chi connectivity index (χ3n) is 1.97. The zero-order valence-electron chi connectivity index (χ0n) is 7.63. The van der Waals surface area contributed by atoms with E-state index in [0.717, 1.165) is 5.56 Å². The summed E-state index contributed by atoms with van der Waals surface area (Å²) in [6.07, 6.45) is 2.02. The minimum atomic E-state index is -0.218. The molecule has 3 heteroatoms. The summed E-state index contributed by atoms with van der Waals surface area (Å²) in [5.74, 6) is -0.218. The van der Waals surface area contributed by atoms with Crippen LogP contribution in [0.15, 0.2) is 24.3 Å². The molecule has 0 aliphatic rings. The van der Waals surface area contributed by atoms with E-state index < -0.39 is 0 Å². The molecule has 0 nitrogen and oxygen atoms in total. The van der Waals surface area contributed by atoms with Gasteiger partial charge in [0, 0.05) is 5.25 Å². The number of halogens is 2. The minimum Gasteiger partial charge on any atom is -0.207 e. The van der Waals surface area contributed by atoms with Crippen LogP contribution in [0.1, 0.15) is 17.9 Å². The van der Waals surface area contributed by atoms with Gasteiger partial charge in [-0.2, -0.15) is 11.8 Å². The molecule has 0 N–H and O–H groups in total. The fourth-order valence-corrected chi connectivity index (χ4v) is 1.89. The van der Waals surface area contributed by atoms with Gasteiger partial charge in [0.05, 0.1) is 5.38 Å². The van der Waals surface area contributed by atoms with Crippen LogP contribution in [0.4, 0.5) is 4.39 Å². The summed E-state index contributed by atoms with van der Waals surface area (Å²) in [6, 6.07) is 6.36. The summed E-state index contributed by atoms with van der Waals surface area (Å²) >= 11 is 7.87. The Hall–Kier alpha value is -0.210. The lowest BCUT2D eigenvalue weighted by Crippen LogP contribution is -2.04. The summed E-state index contributed by atoms with van der Waals surface area (Å²) in [6.45, 7) is 2.06. The van der Waals surface area contributed by atoms with Gasteiger partial charge in [0.25, 0.3) is 0 Å². The van der Waals surface area contributed by atoms with E-state index in [4.69, 9.17) is 11.6 Å². The second-order valence-corrected chi connectivity index (χ2v) is 4.58. The molecule has 0 fully saturated rings. The predicted octanol–water partition coefficient (Wildman–Crippen LogP) is 3.86. The molecule has 0 spiro atoms. The van der Waals surface area contributed by atoms with E-state index >= 15 is 0 Å². The Balaban J connectivity index is 2.77. The molecule has 0 bridgehead atoms. The fourth-order valence-electron chi connectivity index (χ4n) is 1.04. The first-order chi connectivity index (χ1) is 6.15. The molecule has 0 heterocycles. The van der Waals surface area contributed by atoms with Gasteiger partial charge in [-0.15, -0.1) is 11.6 Å². The lowest BCUT2D eigenvalue weighted by atomic mass is 10.1. The molecule has 0 saturated heterocycles. The molecule has 0 saturated carbocycles. The van der Waals surface area contributed by atoms with Crippen molar-refractivity contribution in [3.63, 3.8) is 0 Å². The molecule has 0 aromatic heterocycles. The average Bonchev–Trinajstić information content (AvgIpc) is 2.17. The van der Waals surface area contributed by atoms with Crippen molar-refractivity contribution in [1.29, 1.82) is 0 Å². The second kappa shape index (κ2) is 4.87. The van der Waals surface area contributed by atoms with Crippen molar-refractivity contribution in [1.82, 2.24) is 0 Å². The Bertz CT molecular complexity index is 260. The van der Waals surface area contributed by atoms with Crippen LogP contribution in [0.3, 0.4) is 0 Å². The summed E-state index contributed by atoms with van der Waals surface area (Å²) in [4.78, 5) is 0. The van der Waals surface area contributed by atoms with Gasteiger partial charge in [0.2, 0.25) is 0 Å². The van der Waals surface area contributed by atoms with E-state index in [0.29, 0.717) is 5.25 Å². The van der Waals surface area contributed by atoms with Gasteiger partial charge in [0.1, 0.15) is 5.82 Å². The second-order valence-electron chi connectivity index (χ2n) is 2.89. The van der Waals surface area contributed by atoms with E-state index in [2.05, 4.69) is 6.92 Å². The summed E-state index contributed by atoms with van der Waals surface area (Å²) in [7, 11) is 0. The molecule has 0 aliphatic heterocycles. The number of alkyl halides is 1. The minimum absolute atomic E-state index is 0.0457. The van der Waals surface area contributed by atoms with E-state index in [-0.39, 0.29) is 11.2 Å². The molecule has 2 atom stereocenters. The predicted molar refractivity (Wildman–Crippen MR) is 58.0 cm³/mol. The van der Waals surface area contributed by atoms with Gasteiger partial charge in [-0.25, -0.2) is 4.39 Å². The lowest BCUT2D eigenvalue weighted by Gasteiger charge is -2.15. The third-order valence-corrected chi connectivity index (χ3v) is 3.77. The Kier molecular flexibility index (Phi) is 4.07. The van der Waals surface area contributed by atoms with Crippen molar-refractivity contribution in [2.24, 2.45) is 0 Å². The van der Waals surface area contributed by atoms with Gasteiger partial charge in [-0.05, 0) is 24.0 Å². The largest absolute Gasteiger partial charge is 0.207 e. The number of thioether (sulfide) groups is 1. The maximum absolute atomic E-state index is 12.6. The van der Waals surface area contributed by atoms with Crippen LogP contribution in [-0.2, 0) is 0 Å². The van der Waals surface area contributed by atoms with Gasteiger partial charge in [0.15, 0.2) is 0 Å². The maximum atomic E-state index is 12.6. The molecule has 13 heavy (non-hydrogen) atoms. The Labute approximate surface area is 87.5 Å². The Morgan fingerprint density at radius 1 is 1.31 bits per heavy atom. The summed E-state index contributed by atoms with van der Waals surface area (Å²) in [5.41, 5.74) is 0.977. The standard InChI is InChI=1S/C10H12ClFS/c1-7(13-2)10(11)8-3-5-9(12)6-4-8/h3-7,10H,1-2H3. The molecule has 1 rings (SSSR count). The molecule has 0 aliphatic carbocycles. The van der Waals surface area contributed by atoms with Crippen molar-refractivity contribution in [3.8, 4) is 0 Å². The number of hydrogen-bond donors (Lipinski definition) is 0. The summed E-state index contributed by atoms with van der Waals surface area (Å²) in [5, 5.41) is 0.294. The fraction of sp³-hybridized carbons (Fsp3) is 0.400. The Morgan fingerprint density at radius 3 is 2.31 bits per heavy atom. The number of benzene rings is 1. The van der Waals surface area contributed by atoms with Gasteiger partial charge >= 0.3 is 0 Å². The average molecular weight is 219 g/mol. The molecule has 72 valence electrons. The highest BCUT2D eigenvalue weighted by Crippen LogP contribution is 2.30. The maximum Gasteiger partial charge on any atom is 0.123 e. The summed E-state index contributed by atoms with van der Waals surface area (Å²) < 4.78 is 12.6. The van der Waals surface area contributed by atoms with Crippen molar-refractivity contribution in [2.45, 2.75) is 17.6 Å². The third kappa shape index (κ3) is 2.89. The van der Waals surface area contributed by atoms with Crippen LogP contribution < -0.4 is 0 Å². The first-order valence-electron chi connectivity index (χ1n) is 4.07. The van der Waals surface area contributed by atoms with Gasteiger partial charge in [-0.1, -0.05) is 19.1 Å². The lowest BCUT2D eigenvalue weighted by molar-refractivity contribution is 0.626. The van der Waals surface area contributed by atoms with Crippen molar-refractivity contribution >= 4 is 23.4 Å². The van der Waals surface area contributed by atoms with Crippen LogP contribution in [0.2, 0.25) is 0 Å². The van der Waals surface area contributed by atoms with Crippen LogP contribution in [0, 0.1) is 5.82 Å². The van der Waals surface area contributed by atoms with Crippen LogP contribution >= 0.6 is 23.4 Å².